The summed E-state index contributed by atoms with van der Waals surface area (Å²) in [5.41, 5.74) is 5.32. The van der Waals surface area contributed by atoms with Gasteiger partial charge in [0.1, 0.15) is 23.7 Å². The van der Waals surface area contributed by atoms with Crippen molar-refractivity contribution in [2.75, 3.05) is 12.0 Å². The molecule has 166 valence electrons. The minimum atomic E-state index is -1.60. The molecule has 3 heterocycles. The summed E-state index contributed by atoms with van der Waals surface area (Å²) >= 11 is 7.00. The molecule has 2 atom stereocenters. The smallest absolute Gasteiger partial charge is 0.274 e. The van der Waals surface area contributed by atoms with E-state index in [0.29, 0.717) is 10.7 Å². The number of pyridine rings is 1. The van der Waals surface area contributed by atoms with Crippen molar-refractivity contribution >= 4 is 40.1 Å². The third-order valence-corrected chi connectivity index (χ3v) is 6.48. The quantitative estimate of drug-likeness (QED) is 0.514. The summed E-state index contributed by atoms with van der Waals surface area (Å²) < 4.78 is 28.7. The molecule has 0 aliphatic carbocycles. The van der Waals surface area contributed by atoms with Crippen molar-refractivity contribution in [3.05, 3.63) is 70.5 Å². The fourth-order valence-electron chi connectivity index (χ4n) is 3.67. The van der Waals surface area contributed by atoms with Crippen molar-refractivity contribution in [2.24, 2.45) is 10.7 Å². The molecule has 1 aliphatic heterocycles. The van der Waals surface area contributed by atoms with Crippen molar-refractivity contribution in [3.8, 4) is 0 Å². The number of thioether (sulfide) groups is 1. The van der Waals surface area contributed by atoms with Crippen LogP contribution in [0.4, 0.5) is 14.5 Å². The monoisotopic (exact) mass is 477 g/mol. The van der Waals surface area contributed by atoms with Crippen LogP contribution < -0.4 is 11.1 Å². The number of rotatable bonds is 5. The lowest BCUT2D eigenvalue weighted by molar-refractivity contribution is 0.102. The Balaban J connectivity index is 1.70. The predicted molar refractivity (Wildman–Crippen MR) is 119 cm³/mol. The highest BCUT2D eigenvalue weighted by molar-refractivity contribution is 8.14. The standard InChI is InChI=1S/C20H18ClF2N7OS/c1-19(16-8-26-30-29-16)9-20(10-22,28-18(24)32-19)13-6-12(3-4-14(13)23)27-17(31)15-5-2-11(21)7-25-15/h2-8H,9-10H2,1H3,(H2,24,28)(H,27,31)(H,26,29,30)/t19-,20-/m1/s1. The molecule has 0 unspecified atom stereocenters. The topological polar surface area (TPSA) is 122 Å². The number of alkyl halides is 1. The number of hydrogen-bond donors (Lipinski definition) is 3. The van der Waals surface area contributed by atoms with Gasteiger partial charge >= 0.3 is 0 Å². The van der Waals surface area contributed by atoms with E-state index < -0.39 is 28.7 Å². The summed E-state index contributed by atoms with van der Waals surface area (Å²) in [5, 5.41) is 13.6. The number of carbonyl (C=O) groups excluding carboxylic acids is 1. The van der Waals surface area contributed by atoms with Crippen LogP contribution in [0.15, 0.2) is 47.7 Å². The van der Waals surface area contributed by atoms with Gasteiger partial charge in [0.25, 0.3) is 5.91 Å². The van der Waals surface area contributed by atoms with E-state index in [4.69, 9.17) is 17.3 Å². The Morgan fingerprint density at radius 3 is 2.81 bits per heavy atom. The minimum Gasteiger partial charge on any atom is -0.378 e. The maximum atomic E-state index is 15.0. The van der Waals surface area contributed by atoms with Crippen LogP contribution in [-0.2, 0) is 10.3 Å². The van der Waals surface area contributed by atoms with Gasteiger partial charge in [-0.15, -0.1) is 0 Å². The van der Waals surface area contributed by atoms with E-state index in [1.807, 2.05) is 6.92 Å². The van der Waals surface area contributed by atoms with Gasteiger partial charge in [-0.05, 0) is 37.3 Å². The Bertz CT molecular complexity index is 1180. The Labute approximate surface area is 191 Å². The average Bonchev–Trinajstić information content (AvgIpc) is 3.31. The maximum absolute atomic E-state index is 15.0. The highest BCUT2D eigenvalue weighted by Crippen LogP contribution is 2.51. The number of nitrogens with zero attached hydrogens (tertiary/aromatic N) is 4. The van der Waals surface area contributed by atoms with Crippen LogP contribution in [0.25, 0.3) is 0 Å². The van der Waals surface area contributed by atoms with Crippen molar-refractivity contribution in [1.82, 2.24) is 20.4 Å². The lowest BCUT2D eigenvalue weighted by Gasteiger charge is -2.40. The Kier molecular flexibility index (Phi) is 5.87. The summed E-state index contributed by atoms with van der Waals surface area (Å²) in [7, 11) is 0. The highest BCUT2D eigenvalue weighted by atomic mass is 35.5. The molecule has 32 heavy (non-hydrogen) atoms. The molecule has 8 nitrogen and oxygen atoms in total. The van der Waals surface area contributed by atoms with Crippen molar-refractivity contribution in [1.29, 1.82) is 0 Å². The van der Waals surface area contributed by atoms with Gasteiger partial charge in [0.2, 0.25) is 0 Å². The molecule has 4 N–H and O–H groups in total. The zero-order valence-electron chi connectivity index (χ0n) is 16.8. The second kappa shape index (κ2) is 8.47. The van der Waals surface area contributed by atoms with Crippen LogP contribution in [0.3, 0.4) is 0 Å². The molecule has 12 heteroatoms. The fraction of sp³-hybridized carbons (Fsp3) is 0.250. The second-order valence-corrected chi connectivity index (χ2v) is 9.45. The number of amides is 1. The summed E-state index contributed by atoms with van der Waals surface area (Å²) in [6, 6.07) is 6.87. The number of nitrogens with one attached hydrogen (secondary N) is 2. The summed E-state index contributed by atoms with van der Waals surface area (Å²) in [6.45, 7) is 0.811. The maximum Gasteiger partial charge on any atom is 0.274 e. The van der Waals surface area contributed by atoms with Gasteiger partial charge in [0, 0.05) is 23.9 Å². The molecule has 0 bridgehead atoms. The average molecular weight is 478 g/mol. The predicted octanol–water partition coefficient (Wildman–Crippen LogP) is 3.78. The van der Waals surface area contributed by atoms with Gasteiger partial charge in [0.15, 0.2) is 5.17 Å². The number of aliphatic imine (C=N–C) groups is 1. The second-order valence-electron chi connectivity index (χ2n) is 7.49. The number of hydrogen-bond acceptors (Lipinski definition) is 7. The van der Waals surface area contributed by atoms with E-state index in [1.54, 1.807) is 0 Å². The molecule has 0 saturated heterocycles. The molecule has 0 spiro atoms. The Morgan fingerprint density at radius 1 is 1.34 bits per heavy atom. The van der Waals surface area contributed by atoms with Crippen LogP contribution >= 0.6 is 23.4 Å². The van der Waals surface area contributed by atoms with Gasteiger partial charge in [-0.3, -0.25) is 4.79 Å². The number of halogens is 3. The van der Waals surface area contributed by atoms with Gasteiger partial charge in [-0.2, -0.15) is 15.4 Å². The first kappa shape index (κ1) is 22.2. The normalized spacial score (nSPS) is 22.9. The fourth-order valence-corrected chi connectivity index (χ4v) is 4.97. The number of carbonyl (C=O) groups is 1. The van der Waals surface area contributed by atoms with Gasteiger partial charge < -0.3 is 11.1 Å². The number of benzene rings is 1. The largest absolute Gasteiger partial charge is 0.378 e. The third-order valence-electron chi connectivity index (χ3n) is 5.15. The molecule has 4 rings (SSSR count). The zero-order chi connectivity index (χ0) is 22.9. The first-order valence-corrected chi connectivity index (χ1v) is 10.6. The van der Waals surface area contributed by atoms with Gasteiger partial charge in [-0.25, -0.2) is 18.8 Å². The molecule has 2 aromatic heterocycles. The molecule has 0 radical (unpaired) electrons. The molecule has 1 aliphatic rings. The lowest BCUT2D eigenvalue weighted by atomic mass is 9.81. The van der Waals surface area contributed by atoms with E-state index in [2.05, 4.69) is 30.7 Å². The molecule has 3 aromatic rings. The van der Waals surface area contributed by atoms with E-state index in [0.717, 1.165) is 6.07 Å². The van der Waals surface area contributed by atoms with E-state index >= 15 is 0 Å². The van der Waals surface area contributed by atoms with Gasteiger partial charge in [0.05, 0.1) is 21.7 Å². The van der Waals surface area contributed by atoms with E-state index in [-0.39, 0.29) is 28.5 Å². The van der Waals surface area contributed by atoms with Crippen molar-refractivity contribution in [2.45, 2.75) is 23.6 Å². The van der Waals surface area contributed by atoms with Gasteiger partial charge in [-0.1, -0.05) is 23.4 Å². The van der Waals surface area contributed by atoms with Crippen molar-refractivity contribution in [3.63, 3.8) is 0 Å². The molecular formula is C20H18ClF2N7OS. The lowest BCUT2D eigenvalue weighted by Crippen LogP contribution is -2.42. The summed E-state index contributed by atoms with van der Waals surface area (Å²) in [4.78, 5) is 20.8. The number of aromatic amines is 1. The highest BCUT2D eigenvalue weighted by Gasteiger charge is 2.48. The first-order chi connectivity index (χ1) is 15.2. The van der Waals surface area contributed by atoms with E-state index in [9.17, 15) is 13.6 Å². The number of nitrogens with two attached hydrogens (primary N) is 1. The zero-order valence-corrected chi connectivity index (χ0v) is 18.3. The minimum absolute atomic E-state index is 0.0279. The van der Waals surface area contributed by atoms with Crippen molar-refractivity contribution < 1.29 is 13.6 Å². The SMILES string of the molecule is C[C@]1(c2cn[nH]n2)C[C@@](CF)(c2cc(NC(=O)c3ccc(Cl)cn3)ccc2F)N=C(N)S1. The van der Waals surface area contributed by atoms with Crippen LogP contribution in [0.2, 0.25) is 5.02 Å². The number of amidine groups is 1. The van der Waals surface area contributed by atoms with Crippen LogP contribution in [0.5, 0.6) is 0 Å². The molecule has 1 amide bonds. The first-order valence-electron chi connectivity index (χ1n) is 9.44. The van der Waals surface area contributed by atoms with Crippen LogP contribution in [0, 0.1) is 5.82 Å². The molecule has 1 aromatic carbocycles. The van der Waals surface area contributed by atoms with E-state index in [1.165, 1.54) is 48.4 Å². The van der Waals surface area contributed by atoms with Crippen LogP contribution in [-0.4, -0.2) is 38.1 Å². The number of anilines is 1. The number of aromatic nitrogens is 4. The Morgan fingerprint density at radius 2 is 2.16 bits per heavy atom. The molecular weight excluding hydrogens is 460 g/mol. The summed E-state index contributed by atoms with van der Waals surface area (Å²) in [6.07, 6.45) is 2.93. The summed E-state index contributed by atoms with van der Waals surface area (Å²) in [5.74, 6) is -1.20. The Hall–Kier alpha value is -3.05. The van der Waals surface area contributed by atoms with Crippen LogP contribution in [0.1, 0.15) is 35.1 Å². The molecule has 0 saturated carbocycles. The molecule has 0 fully saturated rings. The third kappa shape index (κ3) is 4.17. The number of H-pyrrole nitrogens is 1.